The summed E-state index contributed by atoms with van der Waals surface area (Å²) in [6, 6.07) is 2.12. The molecule has 1 atom stereocenters. The van der Waals surface area contributed by atoms with Gasteiger partial charge in [-0.2, -0.15) is 5.10 Å². The molecule has 90 valence electrons. The third-order valence-electron chi connectivity index (χ3n) is 3.22. The summed E-state index contributed by atoms with van der Waals surface area (Å²) in [5.74, 6) is 0.547. The van der Waals surface area contributed by atoms with Crippen molar-refractivity contribution in [1.29, 1.82) is 0 Å². The zero-order chi connectivity index (χ0) is 11.5. The second-order valence-electron chi connectivity index (χ2n) is 4.64. The predicted octanol–water partition coefficient (Wildman–Crippen LogP) is 0.843. The number of nitrogens with one attached hydrogen (secondary N) is 1. The van der Waals surface area contributed by atoms with Gasteiger partial charge in [-0.15, -0.1) is 0 Å². The maximum absolute atomic E-state index is 9.70. The maximum Gasteiger partial charge on any atom is 0.0692 e. The first-order valence-electron chi connectivity index (χ1n) is 6.11. The fourth-order valence-electron chi connectivity index (χ4n) is 1.91. The van der Waals surface area contributed by atoms with Gasteiger partial charge >= 0.3 is 0 Å². The quantitative estimate of drug-likeness (QED) is 0.751. The molecule has 0 saturated heterocycles. The molecule has 2 rings (SSSR count). The van der Waals surface area contributed by atoms with Gasteiger partial charge in [0.2, 0.25) is 0 Å². The van der Waals surface area contributed by atoms with Gasteiger partial charge in [-0.25, -0.2) is 0 Å². The van der Waals surface area contributed by atoms with E-state index in [2.05, 4.69) is 23.4 Å². The van der Waals surface area contributed by atoms with Crippen LogP contribution < -0.4 is 5.32 Å². The van der Waals surface area contributed by atoms with Crippen molar-refractivity contribution < 1.29 is 5.11 Å². The molecular formula is C12H21N3O. The summed E-state index contributed by atoms with van der Waals surface area (Å²) in [5.41, 5.74) is 2.31. The van der Waals surface area contributed by atoms with Crippen LogP contribution in [0.15, 0.2) is 6.07 Å². The molecule has 0 spiro atoms. The van der Waals surface area contributed by atoms with Gasteiger partial charge in [-0.3, -0.25) is 4.68 Å². The van der Waals surface area contributed by atoms with Crippen molar-refractivity contribution in [2.75, 3.05) is 6.54 Å². The Morgan fingerprint density at radius 2 is 2.38 bits per heavy atom. The van der Waals surface area contributed by atoms with E-state index in [1.165, 1.54) is 18.5 Å². The Morgan fingerprint density at radius 1 is 1.62 bits per heavy atom. The highest BCUT2D eigenvalue weighted by Crippen LogP contribution is 2.32. The van der Waals surface area contributed by atoms with Gasteiger partial charge in [-0.1, -0.05) is 6.92 Å². The molecule has 1 heterocycles. The summed E-state index contributed by atoms with van der Waals surface area (Å²) in [5, 5.41) is 17.4. The van der Waals surface area contributed by atoms with Crippen molar-refractivity contribution in [3.8, 4) is 0 Å². The van der Waals surface area contributed by atoms with E-state index in [-0.39, 0.29) is 6.10 Å². The lowest BCUT2D eigenvalue weighted by molar-refractivity contribution is 0.148. The molecule has 1 fully saturated rings. The van der Waals surface area contributed by atoms with Crippen LogP contribution in [0.25, 0.3) is 0 Å². The van der Waals surface area contributed by atoms with Gasteiger partial charge in [0.15, 0.2) is 0 Å². The molecule has 1 saturated carbocycles. The highest BCUT2D eigenvalue weighted by molar-refractivity contribution is 5.09. The lowest BCUT2D eigenvalue weighted by Crippen LogP contribution is -2.28. The average Bonchev–Trinajstić information content (AvgIpc) is 3.05. The molecule has 0 aliphatic heterocycles. The number of aliphatic hydroxyl groups excluding tert-OH is 1. The second kappa shape index (κ2) is 4.97. The molecule has 0 amide bonds. The van der Waals surface area contributed by atoms with Crippen LogP contribution in [-0.4, -0.2) is 27.5 Å². The fraction of sp³-hybridized carbons (Fsp3) is 0.750. The molecule has 1 aromatic rings. The van der Waals surface area contributed by atoms with Crippen LogP contribution in [0.2, 0.25) is 0 Å². The molecule has 16 heavy (non-hydrogen) atoms. The highest BCUT2D eigenvalue weighted by atomic mass is 16.3. The standard InChI is InChI=1S/C12H21N3O/c1-3-10-6-11(15(2)14-10)7-13-8-12(16)9-4-5-9/h6,9,12-13,16H,3-5,7-8H2,1-2H3. The van der Waals surface area contributed by atoms with Gasteiger partial charge in [0.05, 0.1) is 17.5 Å². The minimum atomic E-state index is -0.168. The third kappa shape index (κ3) is 2.83. The van der Waals surface area contributed by atoms with E-state index in [1.54, 1.807) is 0 Å². The lowest BCUT2D eigenvalue weighted by Gasteiger charge is -2.10. The highest BCUT2D eigenvalue weighted by Gasteiger charge is 2.29. The minimum Gasteiger partial charge on any atom is -0.392 e. The first-order chi connectivity index (χ1) is 7.70. The Morgan fingerprint density at radius 3 is 2.94 bits per heavy atom. The average molecular weight is 223 g/mol. The van der Waals surface area contributed by atoms with Gasteiger partial charge < -0.3 is 10.4 Å². The normalized spacial score (nSPS) is 17.7. The number of hydrogen-bond donors (Lipinski definition) is 2. The fourth-order valence-corrected chi connectivity index (χ4v) is 1.91. The molecule has 1 aliphatic rings. The smallest absolute Gasteiger partial charge is 0.0692 e. The topological polar surface area (TPSA) is 50.1 Å². The summed E-state index contributed by atoms with van der Waals surface area (Å²) in [7, 11) is 1.97. The van der Waals surface area contributed by atoms with E-state index in [4.69, 9.17) is 0 Å². The summed E-state index contributed by atoms with van der Waals surface area (Å²) < 4.78 is 1.91. The number of aliphatic hydroxyl groups is 1. The predicted molar refractivity (Wildman–Crippen MR) is 63.0 cm³/mol. The van der Waals surface area contributed by atoms with Crippen LogP contribution in [0.5, 0.6) is 0 Å². The Bertz CT molecular complexity index is 344. The van der Waals surface area contributed by atoms with Crippen LogP contribution in [0, 0.1) is 5.92 Å². The summed E-state index contributed by atoms with van der Waals surface area (Å²) in [6.07, 6.45) is 3.18. The van der Waals surface area contributed by atoms with E-state index in [0.29, 0.717) is 12.5 Å². The molecular weight excluding hydrogens is 202 g/mol. The van der Waals surface area contributed by atoms with Crippen molar-refractivity contribution in [1.82, 2.24) is 15.1 Å². The van der Waals surface area contributed by atoms with E-state index in [1.807, 2.05) is 11.7 Å². The van der Waals surface area contributed by atoms with Crippen molar-refractivity contribution in [3.05, 3.63) is 17.5 Å². The van der Waals surface area contributed by atoms with Crippen molar-refractivity contribution in [2.24, 2.45) is 13.0 Å². The summed E-state index contributed by atoms with van der Waals surface area (Å²) in [6.45, 7) is 3.58. The SMILES string of the molecule is CCc1cc(CNCC(O)C2CC2)n(C)n1. The van der Waals surface area contributed by atoms with Gasteiger partial charge in [-0.05, 0) is 31.2 Å². The minimum absolute atomic E-state index is 0.168. The van der Waals surface area contributed by atoms with Crippen LogP contribution in [-0.2, 0) is 20.0 Å². The number of aryl methyl sites for hydroxylation is 2. The van der Waals surface area contributed by atoms with E-state index in [0.717, 1.165) is 18.7 Å². The zero-order valence-electron chi connectivity index (χ0n) is 10.1. The van der Waals surface area contributed by atoms with Gasteiger partial charge in [0, 0.05) is 20.1 Å². The Balaban J connectivity index is 1.77. The molecule has 0 aromatic carbocycles. The number of nitrogens with zero attached hydrogens (tertiary/aromatic N) is 2. The zero-order valence-corrected chi connectivity index (χ0v) is 10.1. The van der Waals surface area contributed by atoms with Crippen LogP contribution >= 0.6 is 0 Å². The Kier molecular flexibility index (Phi) is 3.61. The van der Waals surface area contributed by atoms with E-state index in [9.17, 15) is 5.11 Å². The first kappa shape index (κ1) is 11.6. The van der Waals surface area contributed by atoms with Crippen molar-refractivity contribution >= 4 is 0 Å². The van der Waals surface area contributed by atoms with Crippen LogP contribution in [0.3, 0.4) is 0 Å². The summed E-state index contributed by atoms with van der Waals surface area (Å²) >= 11 is 0. The van der Waals surface area contributed by atoms with E-state index < -0.39 is 0 Å². The first-order valence-corrected chi connectivity index (χ1v) is 6.11. The summed E-state index contributed by atoms with van der Waals surface area (Å²) in [4.78, 5) is 0. The molecule has 1 unspecified atom stereocenters. The van der Waals surface area contributed by atoms with Crippen LogP contribution in [0.4, 0.5) is 0 Å². The van der Waals surface area contributed by atoms with Crippen molar-refractivity contribution in [3.63, 3.8) is 0 Å². The van der Waals surface area contributed by atoms with Gasteiger partial charge in [0.25, 0.3) is 0 Å². The van der Waals surface area contributed by atoms with E-state index >= 15 is 0 Å². The Hall–Kier alpha value is -0.870. The van der Waals surface area contributed by atoms with Crippen molar-refractivity contribution in [2.45, 2.75) is 38.8 Å². The second-order valence-corrected chi connectivity index (χ2v) is 4.64. The number of rotatable bonds is 6. The van der Waals surface area contributed by atoms with Gasteiger partial charge in [0.1, 0.15) is 0 Å². The molecule has 2 N–H and O–H groups in total. The molecule has 1 aromatic heterocycles. The molecule has 1 aliphatic carbocycles. The van der Waals surface area contributed by atoms with Crippen LogP contribution in [0.1, 0.15) is 31.2 Å². The molecule has 4 heteroatoms. The monoisotopic (exact) mass is 223 g/mol. The molecule has 0 bridgehead atoms. The number of aromatic nitrogens is 2. The Labute approximate surface area is 96.7 Å². The third-order valence-corrected chi connectivity index (χ3v) is 3.22. The molecule has 4 nitrogen and oxygen atoms in total. The largest absolute Gasteiger partial charge is 0.392 e. The number of hydrogen-bond acceptors (Lipinski definition) is 3. The molecule has 0 radical (unpaired) electrons. The lowest BCUT2D eigenvalue weighted by atomic mass is 10.2. The maximum atomic E-state index is 9.70.